The summed E-state index contributed by atoms with van der Waals surface area (Å²) in [6.07, 6.45) is 0. The van der Waals surface area contributed by atoms with Crippen molar-refractivity contribution in [2.75, 3.05) is 0 Å². The van der Waals surface area contributed by atoms with Gasteiger partial charge in [-0.15, -0.1) is 11.3 Å². The van der Waals surface area contributed by atoms with Crippen LogP contribution in [0.4, 0.5) is 0 Å². The Hall–Kier alpha value is -6.37. The minimum atomic E-state index is 0.599. The molecule has 0 aliphatic heterocycles. The van der Waals surface area contributed by atoms with Crippen LogP contribution in [0.25, 0.3) is 98.4 Å². The normalized spacial score (nSPS) is 12.1. The van der Waals surface area contributed by atoms with Gasteiger partial charge in [0, 0.05) is 48.3 Å². The van der Waals surface area contributed by atoms with Crippen molar-refractivity contribution >= 4 is 70.6 Å². The lowest BCUT2D eigenvalue weighted by Gasteiger charge is -2.11. The first-order valence-electron chi connectivity index (χ1n) is 16.4. The number of thiophene rings is 1. The highest BCUT2D eigenvalue weighted by Gasteiger charge is 2.21. The third-order valence-corrected chi connectivity index (χ3v) is 10.9. The highest BCUT2D eigenvalue weighted by molar-refractivity contribution is 7.22. The molecule has 0 unspecified atom stereocenters. The molecule has 0 radical (unpaired) electrons. The molecule has 0 saturated carbocycles. The molecule has 0 aliphatic rings. The monoisotopic (exact) mass is 643 g/mol. The van der Waals surface area contributed by atoms with E-state index >= 15 is 0 Å². The smallest absolute Gasteiger partial charge is 0.238 e. The van der Waals surface area contributed by atoms with E-state index in [0.29, 0.717) is 17.6 Å². The SMILES string of the molecule is c1ccc(-c2nc(-c3ccccc3)nc(-n3c4ccccc4c4cc(-c5cc6c7cccc8c9ccccc9n(c6s5)c87)ccc43)n2)cc1. The molecule has 0 spiro atoms. The van der Waals surface area contributed by atoms with Crippen LogP contribution >= 0.6 is 11.3 Å². The Balaban J connectivity index is 1.13. The number of hydrogen-bond donors (Lipinski definition) is 0. The zero-order valence-corrected chi connectivity index (χ0v) is 26.9. The quantitative estimate of drug-likeness (QED) is 0.192. The number of aromatic nitrogens is 5. The van der Waals surface area contributed by atoms with Gasteiger partial charge >= 0.3 is 0 Å². The fourth-order valence-electron chi connectivity index (χ4n) is 7.57. The minimum Gasteiger partial charge on any atom is -0.299 e. The van der Waals surface area contributed by atoms with E-state index in [0.717, 1.165) is 27.5 Å². The second kappa shape index (κ2) is 10.1. The molecule has 0 atom stereocenters. The molecule has 11 aromatic rings. The van der Waals surface area contributed by atoms with E-state index < -0.39 is 0 Å². The van der Waals surface area contributed by atoms with Crippen molar-refractivity contribution in [3.05, 3.63) is 152 Å². The summed E-state index contributed by atoms with van der Waals surface area (Å²) in [4.78, 5) is 17.6. The van der Waals surface area contributed by atoms with Crippen molar-refractivity contribution in [2.24, 2.45) is 0 Å². The minimum absolute atomic E-state index is 0.599. The summed E-state index contributed by atoms with van der Waals surface area (Å²) in [5.74, 6) is 1.89. The fraction of sp³-hybridized carbons (Fsp3) is 0. The summed E-state index contributed by atoms with van der Waals surface area (Å²) in [7, 11) is 0. The first-order valence-corrected chi connectivity index (χ1v) is 17.2. The maximum absolute atomic E-state index is 5.09. The van der Waals surface area contributed by atoms with E-state index in [1.807, 2.05) is 72.0 Å². The lowest BCUT2D eigenvalue weighted by atomic mass is 10.1. The maximum atomic E-state index is 5.09. The molecular formula is C43H25N5S. The number of fused-ring (bicyclic) bond motifs is 9. The van der Waals surface area contributed by atoms with Gasteiger partial charge in [0.15, 0.2) is 11.6 Å². The highest BCUT2D eigenvalue weighted by Crippen LogP contribution is 2.45. The Bertz CT molecular complexity index is 2990. The van der Waals surface area contributed by atoms with Crippen molar-refractivity contribution in [3.8, 4) is 39.2 Å². The summed E-state index contributed by atoms with van der Waals surface area (Å²) in [5, 5.41) is 7.56. The van der Waals surface area contributed by atoms with E-state index in [1.54, 1.807) is 0 Å². The number of benzene rings is 6. The molecule has 0 bridgehead atoms. The van der Waals surface area contributed by atoms with E-state index in [-0.39, 0.29) is 0 Å². The molecule has 0 fully saturated rings. The molecule has 5 aromatic heterocycles. The van der Waals surface area contributed by atoms with Crippen LogP contribution in [0.1, 0.15) is 0 Å². The van der Waals surface area contributed by atoms with Crippen molar-refractivity contribution in [2.45, 2.75) is 0 Å². The Morgan fingerprint density at radius 1 is 0.408 bits per heavy atom. The van der Waals surface area contributed by atoms with Crippen molar-refractivity contribution in [1.29, 1.82) is 0 Å². The van der Waals surface area contributed by atoms with Crippen molar-refractivity contribution in [1.82, 2.24) is 23.9 Å². The number of hydrogen-bond acceptors (Lipinski definition) is 4. The van der Waals surface area contributed by atoms with Gasteiger partial charge in [-0.25, -0.2) is 4.98 Å². The Morgan fingerprint density at radius 2 is 0.980 bits per heavy atom. The van der Waals surface area contributed by atoms with Gasteiger partial charge in [0.2, 0.25) is 5.95 Å². The Kier molecular flexibility index (Phi) is 5.48. The van der Waals surface area contributed by atoms with Crippen LogP contribution in [0.2, 0.25) is 0 Å². The molecule has 5 heterocycles. The molecule has 49 heavy (non-hydrogen) atoms. The van der Waals surface area contributed by atoms with Crippen molar-refractivity contribution < 1.29 is 0 Å². The van der Waals surface area contributed by atoms with Gasteiger partial charge in [0.05, 0.1) is 22.1 Å². The van der Waals surface area contributed by atoms with E-state index in [9.17, 15) is 0 Å². The van der Waals surface area contributed by atoms with Crippen LogP contribution in [0, 0.1) is 0 Å². The average molecular weight is 644 g/mol. The number of para-hydroxylation sites is 3. The molecule has 0 saturated heterocycles. The van der Waals surface area contributed by atoms with Gasteiger partial charge in [0.1, 0.15) is 4.83 Å². The molecule has 11 rings (SSSR count). The van der Waals surface area contributed by atoms with Gasteiger partial charge < -0.3 is 0 Å². The summed E-state index contributed by atoms with van der Waals surface area (Å²) in [6.45, 7) is 0. The molecule has 228 valence electrons. The zero-order valence-electron chi connectivity index (χ0n) is 26.1. The predicted molar refractivity (Wildman–Crippen MR) is 203 cm³/mol. The molecule has 0 N–H and O–H groups in total. The summed E-state index contributed by atoms with van der Waals surface area (Å²) in [5.41, 5.74) is 7.79. The van der Waals surface area contributed by atoms with Gasteiger partial charge in [-0.3, -0.25) is 8.97 Å². The topological polar surface area (TPSA) is 48.0 Å². The summed E-state index contributed by atoms with van der Waals surface area (Å²) < 4.78 is 4.64. The molecule has 6 aromatic carbocycles. The van der Waals surface area contributed by atoms with Gasteiger partial charge in [-0.05, 0) is 35.9 Å². The Morgan fingerprint density at radius 3 is 1.69 bits per heavy atom. The lowest BCUT2D eigenvalue weighted by molar-refractivity contribution is 0.953. The lowest BCUT2D eigenvalue weighted by Crippen LogP contribution is -2.06. The molecule has 0 aliphatic carbocycles. The third-order valence-electron chi connectivity index (χ3n) is 9.75. The fourth-order valence-corrected chi connectivity index (χ4v) is 8.76. The van der Waals surface area contributed by atoms with Crippen LogP contribution < -0.4 is 0 Å². The van der Waals surface area contributed by atoms with Gasteiger partial charge in [0.25, 0.3) is 0 Å². The van der Waals surface area contributed by atoms with Crippen molar-refractivity contribution in [3.63, 3.8) is 0 Å². The van der Waals surface area contributed by atoms with E-state index in [2.05, 4.69) is 100.0 Å². The van der Waals surface area contributed by atoms with Crippen LogP contribution in [-0.2, 0) is 0 Å². The zero-order chi connectivity index (χ0) is 32.1. The van der Waals surface area contributed by atoms with E-state index in [4.69, 9.17) is 15.0 Å². The predicted octanol–water partition coefficient (Wildman–Crippen LogP) is 11.2. The Labute approximate surface area is 284 Å². The van der Waals surface area contributed by atoms with Crippen LogP contribution in [0.15, 0.2) is 152 Å². The molecule has 5 nitrogen and oxygen atoms in total. The second-order valence-electron chi connectivity index (χ2n) is 12.5. The first-order chi connectivity index (χ1) is 24.3. The highest BCUT2D eigenvalue weighted by atomic mass is 32.1. The van der Waals surface area contributed by atoms with Crippen LogP contribution in [0.5, 0.6) is 0 Å². The van der Waals surface area contributed by atoms with Gasteiger partial charge in [-0.1, -0.05) is 121 Å². The van der Waals surface area contributed by atoms with Crippen LogP contribution in [-0.4, -0.2) is 23.9 Å². The van der Waals surface area contributed by atoms with Crippen LogP contribution in [0.3, 0.4) is 0 Å². The molecule has 6 heteroatoms. The van der Waals surface area contributed by atoms with Gasteiger partial charge in [-0.2, -0.15) is 9.97 Å². The largest absolute Gasteiger partial charge is 0.299 e. The number of rotatable bonds is 4. The maximum Gasteiger partial charge on any atom is 0.238 e. The molecule has 0 amide bonds. The summed E-state index contributed by atoms with van der Waals surface area (Å²) >= 11 is 1.86. The first kappa shape index (κ1) is 26.7. The standard InChI is InChI=1S/C43H25N5S/c1-3-12-26(13-4-1)40-44-41(27-14-5-2-6-15-27)46-43(45-40)47-35-20-9-8-17-30(35)33-24-28(22-23-37(33)47)38-25-34-32-19-11-18-31-29-16-7-10-21-36(29)48(39(31)32)42(34)49-38/h1-25H. The molecular weight excluding hydrogens is 619 g/mol. The summed E-state index contributed by atoms with van der Waals surface area (Å²) in [6, 6.07) is 53.4. The third kappa shape index (κ3) is 3.83. The number of nitrogens with zero attached hydrogens (tertiary/aromatic N) is 5. The average Bonchev–Trinajstić information content (AvgIpc) is 3.92. The second-order valence-corrected chi connectivity index (χ2v) is 13.5. The van der Waals surface area contributed by atoms with E-state index in [1.165, 1.54) is 53.2 Å².